The molecule has 0 spiro atoms. The lowest BCUT2D eigenvalue weighted by Gasteiger charge is -2.14. The third-order valence-electron chi connectivity index (χ3n) is 3.90. The molecule has 0 bridgehead atoms. The highest BCUT2D eigenvalue weighted by atomic mass is 19.4. The number of nitrogen functional groups attached to an aromatic ring is 1. The molecule has 0 aliphatic heterocycles. The lowest BCUT2D eigenvalue weighted by Crippen LogP contribution is -2.21. The molecule has 7 heteroatoms. The highest BCUT2D eigenvalue weighted by Crippen LogP contribution is 2.36. The fourth-order valence-electron chi connectivity index (χ4n) is 2.77. The third kappa shape index (κ3) is 2.93. The number of hydrogen-bond acceptors (Lipinski definition) is 3. The Morgan fingerprint density at radius 1 is 1.12 bits per heavy atom. The highest BCUT2D eigenvalue weighted by molar-refractivity contribution is 6.05. The largest absolute Gasteiger partial charge is 0.496 e. The summed E-state index contributed by atoms with van der Waals surface area (Å²) in [6, 6.07) is 9.96. The van der Waals surface area contributed by atoms with Gasteiger partial charge in [-0.25, -0.2) is 0 Å². The second kappa shape index (κ2) is 5.84. The molecule has 1 heterocycles. The van der Waals surface area contributed by atoms with Crippen LogP contribution in [0.3, 0.4) is 0 Å². The summed E-state index contributed by atoms with van der Waals surface area (Å²) in [6.45, 7) is 1.75. The van der Waals surface area contributed by atoms with Gasteiger partial charge >= 0.3 is 6.18 Å². The molecule has 0 unspecified atom stereocenters. The number of anilines is 1. The molecule has 2 aromatic carbocycles. The van der Waals surface area contributed by atoms with Gasteiger partial charge in [0.2, 0.25) is 0 Å². The molecular formula is C18H15F3N2O2. The Hall–Kier alpha value is -2.96. The summed E-state index contributed by atoms with van der Waals surface area (Å²) in [7, 11) is 1.36. The van der Waals surface area contributed by atoms with E-state index in [-0.39, 0.29) is 22.2 Å². The fourth-order valence-corrected chi connectivity index (χ4v) is 2.77. The van der Waals surface area contributed by atoms with Crippen molar-refractivity contribution in [2.75, 3.05) is 12.8 Å². The van der Waals surface area contributed by atoms with E-state index in [0.29, 0.717) is 10.3 Å². The maximum absolute atomic E-state index is 13.5. The number of methoxy groups -OCH3 is 1. The highest BCUT2D eigenvalue weighted by Gasteiger charge is 2.37. The number of aromatic nitrogens is 1. The topological polar surface area (TPSA) is 57.2 Å². The predicted octanol–water partition coefficient (Wildman–Crippen LogP) is 4.25. The Balaban J connectivity index is 2.31. The molecule has 0 radical (unpaired) electrons. The van der Waals surface area contributed by atoms with Crippen LogP contribution < -0.4 is 10.5 Å². The van der Waals surface area contributed by atoms with Crippen molar-refractivity contribution < 1.29 is 22.7 Å². The van der Waals surface area contributed by atoms with Crippen molar-refractivity contribution >= 4 is 22.5 Å². The van der Waals surface area contributed by atoms with E-state index in [4.69, 9.17) is 10.5 Å². The first-order valence-electron chi connectivity index (χ1n) is 7.40. The first kappa shape index (κ1) is 16.9. The molecule has 1 aromatic heterocycles. The quantitative estimate of drug-likeness (QED) is 0.705. The fraction of sp³-hybridized carbons (Fsp3) is 0.167. The van der Waals surface area contributed by atoms with Crippen molar-refractivity contribution in [1.82, 2.24) is 4.57 Å². The van der Waals surface area contributed by atoms with E-state index < -0.39 is 17.8 Å². The van der Waals surface area contributed by atoms with Crippen molar-refractivity contribution in [3.05, 3.63) is 59.3 Å². The molecule has 2 N–H and O–H groups in total. The molecule has 0 saturated carbocycles. The number of rotatable bonds is 2. The van der Waals surface area contributed by atoms with Crippen molar-refractivity contribution in [1.29, 1.82) is 0 Å². The third-order valence-corrected chi connectivity index (χ3v) is 3.90. The van der Waals surface area contributed by atoms with Crippen LogP contribution in [0.2, 0.25) is 0 Å². The van der Waals surface area contributed by atoms with Crippen LogP contribution in [0.1, 0.15) is 21.6 Å². The van der Waals surface area contributed by atoms with E-state index in [1.54, 1.807) is 19.1 Å². The monoisotopic (exact) mass is 348 g/mol. The molecule has 0 fully saturated rings. The van der Waals surface area contributed by atoms with Gasteiger partial charge in [-0.2, -0.15) is 13.2 Å². The number of benzene rings is 2. The number of hydrogen-bond donors (Lipinski definition) is 1. The minimum Gasteiger partial charge on any atom is -0.496 e. The lowest BCUT2D eigenvalue weighted by atomic mass is 10.1. The van der Waals surface area contributed by atoms with Crippen LogP contribution in [0.15, 0.2) is 42.5 Å². The van der Waals surface area contributed by atoms with E-state index in [2.05, 4.69) is 0 Å². The van der Waals surface area contributed by atoms with Gasteiger partial charge in [0, 0.05) is 11.1 Å². The number of carbonyl (C=O) groups is 1. The van der Waals surface area contributed by atoms with Gasteiger partial charge in [0.1, 0.15) is 11.4 Å². The summed E-state index contributed by atoms with van der Waals surface area (Å²) in [6.07, 6.45) is -4.69. The van der Waals surface area contributed by atoms with E-state index >= 15 is 0 Å². The predicted molar refractivity (Wildman–Crippen MR) is 88.8 cm³/mol. The van der Waals surface area contributed by atoms with Gasteiger partial charge in [-0.1, -0.05) is 11.6 Å². The summed E-state index contributed by atoms with van der Waals surface area (Å²) in [5.74, 6) is -0.603. The van der Waals surface area contributed by atoms with Gasteiger partial charge in [0.25, 0.3) is 5.91 Å². The van der Waals surface area contributed by atoms with Crippen LogP contribution >= 0.6 is 0 Å². The number of aryl methyl sites for hydroxylation is 1. The Morgan fingerprint density at radius 3 is 2.48 bits per heavy atom. The SMILES string of the molecule is COc1ccc(C)cc1C(=O)n1c(C(F)(F)F)cc2cc(N)ccc21. The van der Waals surface area contributed by atoms with E-state index in [0.717, 1.165) is 11.6 Å². The molecule has 3 aromatic rings. The first-order valence-corrected chi connectivity index (χ1v) is 7.40. The van der Waals surface area contributed by atoms with Gasteiger partial charge in [0.05, 0.1) is 18.2 Å². The van der Waals surface area contributed by atoms with Crippen LogP contribution in [0.4, 0.5) is 18.9 Å². The molecule has 0 aliphatic carbocycles. The molecule has 0 atom stereocenters. The van der Waals surface area contributed by atoms with Crippen molar-refractivity contribution in [2.24, 2.45) is 0 Å². The smallest absolute Gasteiger partial charge is 0.431 e. The van der Waals surface area contributed by atoms with Crippen LogP contribution in [-0.4, -0.2) is 17.6 Å². The summed E-state index contributed by atoms with van der Waals surface area (Å²) >= 11 is 0. The zero-order valence-corrected chi connectivity index (χ0v) is 13.5. The van der Waals surface area contributed by atoms with Gasteiger partial charge in [-0.3, -0.25) is 9.36 Å². The van der Waals surface area contributed by atoms with Crippen LogP contribution in [0, 0.1) is 6.92 Å². The molecule has 0 aliphatic rings. The maximum Gasteiger partial charge on any atom is 0.431 e. The molecule has 130 valence electrons. The number of halogens is 3. The lowest BCUT2D eigenvalue weighted by molar-refractivity contribution is -0.142. The Morgan fingerprint density at radius 2 is 1.84 bits per heavy atom. The van der Waals surface area contributed by atoms with Crippen LogP contribution in [-0.2, 0) is 6.18 Å². The van der Waals surface area contributed by atoms with Gasteiger partial charge in [-0.05, 0) is 43.3 Å². The number of alkyl halides is 3. The van der Waals surface area contributed by atoms with Crippen LogP contribution in [0.5, 0.6) is 5.75 Å². The van der Waals surface area contributed by atoms with Crippen molar-refractivity contribution in [2.45, 2.75) is 13.1 Å². The summed E-state index contributed by atoms with van der Waals surface area (Å²) < 4.78 is 46.3. The zero-order valence-electron chi connectivity index (χ0n) is 13.5. The number of ether oxygens (including phenoxy) is 1. The molecular weight excluding hydrogens is 333 g/mol. The molecule has 25 heavy (non-hydrogen) atoms. The number of nitrogens with zero attached hydrogens (tertiary/aromatic N) is 1. The first-order chi connectivity index (χ1) is 11.7. The van der Waals surface area contributed by atoms with E-state index in [1.165, 1.54) is 31.4 Å². The minimum absolute atomic E-state index is 0.0577. The normalized spacial score (nSPS) is 11.7. The summed E-state index contributed by atoms with van der Waals surface area (Å²) in [4.78, 5) is 13.0. The maximum atomic E-state index is 13.5. The zero-order chi connectivity index (χ0) is 18.4. The molecule has 3 rings (SSSR count). The second-order valence-corrected chi connectivity index (χ2v) is 5.69. The van der Waals surface area contributed by atoms with Gasteiger partial charge in [0.15, 0.2) is 0 Å². The van der Waals surface area contributed by atoms with Gasteiger partial charge in [-0.15, -0.1) is 0 Å². The van der Waals surface area contributed by atoms with Crippen molar-refractivity contribution in [3.8, 4) is 5.75 Å². The van der Waals surface area contributed by atoms with Gasteiger partial charge < -0.3 is 10.5 Å². The Labute approximate surface area is 141 Å². The Bertz CT molecular complexity index is 974. The average Bonchev–Trinajstić information content (AvgIpc) is 2.92. The number of nitrogens with two attached hydrogens (primary N) is 1. The second-order valence-electron chi connectivity index (χ2n) is 5.69. The van der Waals surface area contributed by atoms with E-state index in [1.807, 2.05) is 0 Å². The van der Waals surface area contributed by atoms with Crippen LogP contribution in [0.25, 0.3) is 10.9 Å². The Kier molecular flexibility index (Phi) is 3.94. The number of carbonyl (C=O) groups excluding carboxylic acids is 1. The van der Waals surface area contributed by atoms with E-state index in [9.17, 15) is 18.0 Å². The minimum atomic E-state index is -4.69. The number of fused-ring (bicyclic) bond motifs is 1. The molecule has 4 nitrogen and oxygen atoms in total. The molecule has 0 saturated heterocycles. The summed E-state index contributed by atoms with van der Waals surface area (Å²) in [5, 5.41) is 0.243. The molecule has 0 amide bonds. The standard InChI is InChI=1S/C18H15F3N2O2/c1-10-3-6-15(25-2)13(7-10)17(24)23-14-5-4-12(22)8-11(14)9-16(23)18(19,20)21/h3-9H,22H2,1-2H3. The average molecular weight is 348 g/mol. The summed E-state index contributed by atoms with van der Waals surface area (Å²) in [5.41, 5.74) is 5.84. The van der Waals surface area contributed by atoms with Crippen molar-refractivity contribution in [3.63, 3.8) is 0 Å².